The fourth-order valence-electron chi connectivity index (χ4n) is 2.46. The smallest absolute Gasteiger partial charge is 0.343 e. The molecule has 0 spiro atoms. The number of esters is 1. The van der Waals surface area contributed by atoms with E-state index in [0.717, 1.165) is 16.3 Å². The van der Waals surface area contributed by atoms with Crippen LogP contribution >= 0.6 is 0 Å². The number of nitrogens with zero attached hydrogens (tertiary/aromatic N) is 1. The molecule has 4 heteroatoms. The summed E-state index contributed by atoms with van der Waals surface area (Å²) in [4.78, 5) is 23.9. The summed E-state index contributed by atoms with van der Waals surface area (Å²) in [6.45, 7) is 0.411. The lowest BCUT2D eigenvalue weighted by Crippen LogP contribution is -2.26. The fourth-order valence-corrected chi connectivity index (χ4v) is 2.46. The summed E-state index contributed by atoms with van der Waals surface area (Å²) in [6, 6.07) is 17.3. The molecule has 0 atom stereocenters. The minimum Gasteiger partial charge on any atom is -0.465 e. The highest BCUT2D eigenvalue weighted by atomic mass is 16.5. The van der Waals surface area contributed by atoms with E-state index in [4.69, 9.17) is 0 Å². The molecule has 0 fully saturated rings. The fraction of sp³-hybridized carbons (Fsp3) is 0.111. The van der Waals surface area contributed by atoms with Gasteiger partial charge in [0.05, 0.1) is 13.7 Å². The second-order valence-electron chi connectivity index (χ2n) is 5.03. The number of hydrogen-bond donors (Lipinski definition) is 0. The highest BCUT2D eigenvalue weighted by Gasteiger charge is 2.12. The van der Waals surface area contributed by atoms with Crippen molar-refractivity contribution in [2.75, 3.05) is 7.11 Å². The molecule has 3 aromatic rings. The number of ether oxygens (including phenoxy) is 1. The van der Waals surface area contributed by atoms with E-state index in [1.807, 2.05) is 42.5 Å². The van der Waals surface area contributed by atoms with Gasteiger partial charge in [-0.25, -0.2) is 4.79 Å². The van der Waals surface area contributed by atoms with Gasteiger partial charge in [0, 0.05) is 6.20 Å². The standard InChI is InChI=1S/C18H15NO3/c1-22-18(21)16-7-4-10-19(17(16)20)12-13-8-9-14-5-2-3-6-15(14)11-13/h2-11H,12H2,1H3. The Balaban J connectivity index is 1.98. The number of aromatic nitrogens is 1. The number of methoxy groups -OCH3 is 1. The van der Waals surface area contributed by atoms with E-state index in [1.54, 1.807) is 12.3 Å². The van der Waals surface area contributed by atoms with E-state index in [-0.39, 0.29) is 11.1 Å². The van der Waals surface area contributed by atoms with Gasteiger partial charge < -0.3 is 9.30 Å². The molecule has 0 saturated heterocycles. The SMILES string of the molecule is COC(=O)c1cccn(Cc2ccc3ccccc3c2)c1=O. The van der Waals surface area contributed by atoms with Gasteiger partial charge in [-0.15, -0.1) is 0 Å². The van der Waals surface area contributed by atoms with Crippen LogP contribution in [0.5, 0.6) is 0 Å². The zero-order valence-electron chi connectivity index (χ0n) is 12.2. The van der Waals surface area contributed by atoms with Crippen LogP contribution in [0.2, 0.25) is 0 Å². The Hall–Kier alpha value is -2.88. The highest BCUT2D eigenvalue weighted by molar-refractivity contribution is 5.88. The first-order chi connectivity index (χ1) is 10.7. The molecule has 0 bridgehead atoms. The lowest BCUT2D eigenvalue weighted by atomic mass is 10.1. The maximum Gasteiger partial charge on any atom is 0.343 e. The van der Waals surface area contributed by atoms with Crippen molar-refractivity contribution in [1.82, 2.24) is 4.57 Å². The van der Waals surface area contributed by atoms with Crippen LogP contribution < -0.4 is 5.56 Å². The predicted octanol–water partition coefficient (Wildman–Crippen LogP) is 2.84. The Kier molecular flexibility index (Phi) is 3.74. The van der Waals surface area contributed by atoms with E-state index in [1.165, 1.54) is 17.7 Å². The second-order valence-corrected chi connectivity index (χ2v) is 5.03. The van der Waals surface area contributed by atoms with Crippen molar-refractivity contribution in [2.24, 2.45) is 0 Å². The van der Waals surface area contributed by atoms with Gasteiger partial charge in [0.15, 0.2) is 0 Å². The second kappa shape index (κ2) is 5.85. The molecule has 0 aliphatic rings. The van der Waals surface area contributed by atoms with E-state index < -0.39 is 5.97 Å². The molecule has 0 saturated carbocycles. The third-order valence-corrected chi connectivity index (χ3v) is 3.59. The topological polar surface area (TPSA) is 48.3 Å². The maximum atomic E-state index is 12.3. The van der Waals surface area contributed by atoms with Crippen molar-refractivity contribution in [3.8, 4) is 0 Å². The van der Waals surface area contributed by atoms with Crippen LogP contribution in [0.4, 0.5) is 0 Å². The largest absolute Gasteiger partial charge is 0.465 e. The number of carbonyl (C=O) groups is 1. The number of hydrogen-bond acceptors (Lipinski definition) is 3. The Bertz CT molecular complexity index is 896. The predicted molar refractivity (Wildman–Crippen MR) is 85.1 cm³/mol. The van der Waals surface area contributed by atoms with Crippen molar-refractivity contribution in [1.29, 1.82) is 0 Å². The first kappa shape index (κ1) is 14.1. The molecule has 1 heterocycles. The minimum atomic E-state index is -0.613. The first-order valence-electron chi connectivity index (χ1n) is 6.94. The van der Waals surface area contributed by atoms with Crippen LogP contribution in [-0.4, -0.2) is 17.6 Å². The van der Waals surface area contributed by atoms with Crippen molar-refractivity contribution < 1.29 is 9.53 Å². The summed E-state index contributed by atoms with van der Waals surface area (Å²) in [5.41, 5.74) is 0.705. The van der Waals surface area contributed by atoms with Crippen LogP contribution in [0.25, 0.3) is 10.8 Å². The number of benzene rings is 2. The Morgan fingerprint density at radius 3 is 2.59 bits per heavy atom. The number of carbonyl (C=O) groups excluding carboxylic acids is 1. The average Bonchev–Trinajstić information content (AvgIpc) is 2.56. The zero-order chi connectivity index (χ0) is 15.5. The third kappa shape index (κ3) is 2.63. The summed E-state index contributed by atoms with van der Waals surface area (Å²) >= 11 is 0. The van der Waals surface area contributed by atoms with Gasteiger partial charge in [0.2, 0.25) is 0 Å². The molecule has 0 aliphatic carbocycles. The zero-order valence-corrected chi connectivity index (χ0v) is 12.2. The van der Waals surface area contributed by atoms with Gasteiger partial charge in [0.1, 0.15) is 5.56 Å². The lowest BCUT2D eigenvalue weighted by Gasteiger charge is -2.08. The van der Waals surface area contributed by atoms with Gasteiger partial charge >= 0.3 is 5.97 Å². The Labute approximate surface area is 127 Å². The van der Waals surface area contributed by atoms with Gasteiger partial charge in [-0.2, -0.15) is 0 Å². The Morgan fingerprint density at radius 2 is 1.82 bits per heavy atom. The molecular weight excluding hydrogens is 278 g/mol. The Morgan fingerprint density at radius 1 is 1.05 bits per heavy atom. The number of fused-ring (bicyclic) bond motifs is 1. The van der Waals surface area contributed by atoms with Crippen LogP contribution in [0.1, 0.15) is 15.9 Å². The molecule has 2 aromatic carbocycles. The summed E-state index contributed by atoms with van der Waals surface area (Å²) in [7, 11) is 1.27. The highest BCUT2D eigenvalue weighted by Crippen LogP contribution is 2.16. The van der Waals surface area contributed by atoms with Crippen LogP contribution in [0.15, 0.2) is 65.6 Å². The third-order valence-electron chi connectivity index (χ3n) is 3.59. The molecule has 0 radical (unpaired) electrons. The van der Waals surface area contributed by atoms with E-state index in [2.05, 4.69) is 4.74 Å². The van der Waals surface area contributed by atoms with Crippen molar-refractivity contribution >= 4 is 16.7 Å². The normalized spacial score (nSPS) is 10.6. The number of rotatable bonds is 3. The molecule has 110 valence electrons. The molecule has 0 aliphatic heterocycles. The molecular formula is C18H15NO3. The quantitative estimate of drug-likeness (QED) is 0.698. The summed E-state index contributed by atoms with van der Waals surface area (Å²) in [6.07, 6.45) is 1.67. The molecule has 0 unspecified atom stereocenters. The van der Waals surface area contributed by atoms with Gasteiger partial charge in [-0.1, -0.05) is 36.4 Å². The molecule has 3 rings (SSSR count). The van der Waals surface area contributed by atoms with Crippen LogP contribution in [0, 0.1) is 0 Å². The molecule has 4 nitrogen and oxygen atoms in total. The van der Waals surface area contributed by atoms with E-state index >= 15 is 0 Å². The lowest BCUT2D eigenvalue weighted by molar-refractivity contribution is 0.0598. The van der Waals surface area contributed by atoms with Crippen molar-refractivity contribution in [2.45, 2.75) is 6.54 Å². The molecule has 0 amide bonds. The van der Waals surface area contributed by atoms with Crippen molar-refractivity contribution in [3.63, 3.8) is 0 Å². The van der Waals surface area contributed by atoms with Gasteiger partial charge in [0.25, 0.3) is 5.56 Å². The van der Waals surface area contributed by atoms with Gasteiger partial charge in [-0.3, -0.25) is 4.79 Å². The first-order valence-corrected chi connectivity index (χ1v) is 6.94. The van der Waals surface area contributed by atoms with Crippen LogP contribution in [0.3, 0.4) is 0 Å². The minimum absolute atomic E-state index is 0.0470. The summed E-state index contributed by atoms with van der Waals surface area (Å²) in [5.74, 6) is -0.613. The molecule has 0 N–H and O–H groups in total. The average molecular weight is 293 g/mol. The van der Waals surface area contributed by atoms with Gasteiger partial charge in [-0.05, 0) is 34.5 Å². The van der Waals surface area contributed by atoms with E-state index in [0.29, 0.717) is 6.54 Å². The molecule has 22 heavy (non-hydrogen) atoms. The maximum absolute atomic E-state index is 12.3. The van der Waals surface area contributed by atoms with Crippen LogP contribution in [-0.2, 0) is 11.3 Å². The summed E-state index contributed by atoms with van der Waals surface area (Å²) < 4.78 is 6.14. The number of pyridine rings is 1. The van der Waals surface area contributed by atoms with E-state index in [9.17, 15) is 9.59 Å². The summed E-state index contributed by atoms with van der Waals surface area (Å²) in [5, 5.41) is 2.28. The monoisotopic (exact) mass is 293 g/mol. The molecule has 1 aromatic heterocycles. The van der Waals surface area contributed by atoms with Crippen molar-refractivity contribution in [3.05, 3.63) is 82.3 Å².